The number of hydrogen-bond acceptors (Lipinski definition) is 8. The van der Waals surface area contributed by atoms with Gasteiger partial charge in [0.25, 0.3) is 5.91 Å². The third-order valence-corrected chi connectivity index (χ3v) is 9.90. The fourth-order valence-corrected chi connectivity index (χ4v) is 7.31. The number of aliphatic hydroxyl groups is 1. The molecule has 0 heterocycles. The van der Waals surface area contributed by atoms with E-state index in [0.717, 1.165) is 18.6 Å². The van der Waals surface area contributed by atoms with Gasteiger partial charge in [-0.25, -0.2) is 22.0 Å². The summed E-state index contributed by atoms with van der Waals surface area (Å²) in [5, 5.41) is 15.9. The van der Waals surface area contributed by atoms with E-state index in [1.807, 2.05) is 27.7 Å². The maximum absolute atomic E-state index is 14.0. The highest BCUT2D eigenvalue weighted by molar-refractivity contribution is 7.92. The zero-order valence-electron chi connectivity index (χ0n) is 26.7. The fourth-order valence-electron chi connectivity index (χ4n) is 5.00. The van der Waals surface area contributed by atoms with Crippen LogP contribution in [0, 0.1) is 17.6 Å². The number of halogens is 2. The van der Waals surface area contributed by atoms with E-state index in [9.17, 15) is 31.9 Å². The predicted octanol–water partition coefficient (Wildman–Crippen LogP) is 3.81. The van der Waals surface area contributed by atoms with Crippen LogP contribution in [0.5, 0.6) is 0 Å². The third kappa shape index (κ3) is 12.4. The van der Waals surface area contributed by atoms with E-state index in [4.69, 9.17) is 10.5 Å². The van der Waals surface area contributed by atoms with E-state index >= 15 is 0 Å². The molecule has 0 unspecified atom stereocenters. The molecule has 0 saturated heterocycles. The van der Waals surface area contributed by atoms with E-state index in [-0.39, 0.29) is 25.1 Å². The Bertz CT molecular complexity index is 1300. The van der Waals surface area contributed by atoms with Crippen LogP contribution in [0.2, 0.25) is 0 Å². The molecule has 0 aliphatic rings. The highest BCUT2D eigenvalue weighted by Gasteiger charge is 2.49. The summed E-state index contributed by atoms with van der Waals surface area (Å²) in [7, 11) is -4.09. The molecule has 0 aliphatic carbocycles. The normalized spacial score (nSPS) is 14.6. The zero-order valence-corrected chi connectivity index (χ0v) is 27.5. The Hall–Kier alpha value is -2.93. The van der Waals surface area contributed by atoms with Crippen molar-refractivity contribution in [1.82, 2.24) is 10.6 Å². The van der Waals surface area contributed by atoms with Crippen molar-refractivity contribution in [3.05, 3.63) is 71.3 Å². The van der Waals surface area contributed by atoms with Crippen molar-refractivity contribution in [2.75, 3.05) is 18.8 Å². The monoisotopic (exact) mass is 653 g/mol. The van der Waals surface area contributed by atoms with Crippen LogP contribution in [0.25, 0.3) is 0 Å². The Morgan fingerprint density at radius 2 is 1.58 bits per heavy atom. The van der Waals surface area contributed by atoms with Gasteiger partial charge in [-0.3, -0.25) is 4.79 Å². The molecule has 0 saturated carbocycles. The number of aliphatic hydroxyl groups excluding tert-OH is 1. The molecular weight excluding hydrogens is 604 g/mol. The maximum atomic E-state index is 14.0. The van der Waals surface area contributed by atoms with Gasteiger partial charge in [0.05, 0.1) is 23.1 Å². The second-order valence-electron chi connectivity index (χ2n) is 12.1. The summed E-state index contributed by atoms with van der Waals surface area (Å²) in [6.45, 7) is 8.06. The molecule has 2 aromatic rings. The lowest BCUT2D eigenvalue weighted by Crippen LogP contribution is -2.67. The molecule has 1 amide bonds. The van der Waals surface area contributed by atoms with Crippen LogP contribution >= 0.6 is 0 Å². The average Bonchev–Trinajstić information content (AvgIpc) is 2.97. The number of nitrogens with one attached hydrogen (secondary N) is 2. The van der Waals surface area contributed by atoms with Crippen molar-refractivity contribution in [2.45, 2.75) is 95.8 Å². The number of benzene rings is 2. The zero-order chi connectivity index (χ0) is 33.6. The molecule has 0 bridgehead atoms. The standard InChI is InChI=1S/C33H49F2N3O6S/c1-5-10-28(11-6-2)45(42,43)22-33(36,32(41)44-21-24-12-8-7-9-13-24)31(40)38-29(30(39)20-37-15-14-23(3)4)18-25-16-26(34)19-27(35)17-25/h7-9,12-13,16-17,19,23,28-30,37,39H,5-6,10-11,14-15,18,20-22,36H2,1-4H3,(H,38,40)/t29-,30+,33+/m0/s1. The van der Waals surface area contributed by atoms with Crippen LogP contribution in [-0.2, 0) is 37.2 Å². The summed E-state index contributed by atoms with van der Waals surface area (Å²) < 4.78 is 60.7. The molecule has 0 aromatic heterocycles. The van der Waals surface area contributed by atoms with Gasteiger partial charge in [0.15, 0.2) is 9.84 Å². The van der Waals surface area contributed by atoms with Crippen LogP contribution < -0.4 is 16.4 Å². The minimum absolute atomic E-state index is 0.00113. The minimum atomic E-state index is -4.09. The maximum Gasteiger partial charge on any atom is 0.337 e. The molecule has 3 atom stereocenters. The summed E-state index contributed by atoms with van der Waals surface area (Å²) in [6, 6.07) is 10.2. The molecule has 2 aromatic carbocycles. The number of sulfone groups is 1. The van der Waals surface area contributed by atoms with E-state index in [2.05, 4.69) is 10.6 Å². The van der Waals surface area contributed by atoms with Gasteiger partial charge < -0.3 is 26.2 Å². The quantitative estimate of drug-likeness (QED) is 0.0959. The number of carbonyl (C=O) groups is 2. The topological polar surface area (TPSA) is 148 Å². The lowest BCUT2D eigenvalue weighted by molar-refractivity contribution is -0.155. The molecule has 252 valence electrons. The number of nitrogens with two attached hydrogens (primary N) is 1. The lowest BCUT2D eigenvalue weighted by atomic mass is 9.97. The van der Waals surface area contributed by atoms with Crippen LogP contribution in [0.15, 0.2) is 48.5 Å². The molecule has 12 heteroatoms. The first-order chi connectivity index (χ1) is 21.2. The number of ether oxygens (including phenoxy) is 1. The van der Waals surface area contributed by atoms with Gasteiger partial charge >= 0.3 is 5.97 Å². The van der Waals surface area contributed by atoms with E-state index in [1.54, 1.807) is 30.3 Å². The van der Waals surface area contributed by atoms with Gasteiger partial charge in [0.2, 0.25) is 5.54 Å². The fraction of sp³-hybridized carbons (Fsp3) is 0.576. The van der Waals surface area contributed by atoms with E-state index in [1.165, 1.54) is 0 Å². The van der Waals surface area contributed by atoms with Crippen molar-refractivity contribution in [3.63, 3.8) is 0 Å². The van der Waals surface area contributed by atoms with Gasteiger partial charge in [-0.2, -0.15) is 0 Å². The van der Waals surface area contributed by atoms with Gasteiger partial charge in [-0.1, -0.05) is 70.9 Å². The molecule has 0 aliphatic heterocycles. The molecule has 2 rings (SSSR count). The van der Waals surface area contributed by atoms with E-state index < -0.39 is 62.0 Å². The summed E-state index contributed by atoms with van der Waals surface area (Å²) in [4.78, 5) is 27.4. The first-order valence-corrected chi connectivity index (χ1v) is 17.3. The lowest BCUT2D eigenvalue weighted by Gasteiger charge is -2.32. The van der Waals surface area contributed by atoms with Gasteiger partial charge in [0, 0.05) is 12.6 Å². The van der Waals surface area contributed by atoms with Crippen LogP contribution in [0.1, 0.15) is 70.9 Å². The van der Waals surface area contributed by atoms with Crippen molar-refractivity contribution in [1.29, 1.82) is 0 Å². The Balaban J connectivity index is 2.44. The van der Waals surface area contributed by atoms with Crippen molar-refractivity contribution < 1.29 is 36.6 Å². The molecule has 45 heavy (non-hydrogen) atoms. The van der Waals surface area contributed by atoms with Crippen molar-refractivity contribution >= 4 is 21.7 Å². The smallest absolute Gasteiger partial charge is 0.337 e. The molecule has 0 spiro atoms. The van der Waals surface area contributed by atoms with Crippen molar-refractivity contribution in [2.24, 2.45) is 11.7 Å². The summed E-state index contributed by atoms with van der Waals surface area (Å²) in [6.07, 6.45) is 1.06. The van der Waals surface area contributed by atoms with Crippen LogP contribution in [0.3, 0.4) is 0 Å². The van der Waals surface area contributed by atoms with Crippen molar-refractivity contribution in [3.8, 4) is 0 Å². The first-order valence-electron chi connectivity index (χ1n) is 15.6. The predicted molar refractivity (Wildman–Crippen MR) is 171 cm³/mol. The molecule has 0 fully saturated rings. The minimum Gasteiger partial charge on any atom is -0.459 e. The van der Waals surface area contributed by atoms with Crippen LogP contribution in [0.4, 0.5) is 8.78 Å². The summed E-state index contributed by atoms with van der Waals surface area (Å²) in [5.41, 5.74) is 4.48. The third-order valence-electron chi connectivity index (χ3n) is 7.55. The summed E-state index contributed by atoms with van der Waals surface area (Å²) in [5.74, 6) is -4.75. The number of carbonyl (C=O) groups excluding carboxylic acids is 2. The van der Waals surface area contributed by atoms with Crippen LogP contribution in [-0.4, -0.2) is 67.2 Å². The number of amides is 1. The van der Waals surface area contributed by atoms with Gasteiger partial charge in [0.1, 0.15) is 18.2 Å². The Morgan fingerprint density at radius 3 is 2.13 bits per heavy atom. The van der Waals surface area contributed by atoms with Gasteiger partial charge in [-0.15, -0.1) is 0 Å². The highest BCUT2D eigenvalue weighted by Crippen LogP contribution is 2.22. The largest absolute Gasteiger partial charge is 0.459 e. The second-order valence-corrected chi connectivity index (χ2v) is 14.3. The SMILES string of the molecule is CCCC(CCC)S(=O)(=O)C[C@@](N)(C(=O)N[C@@H](Cc1cc(F)cc(F)c1)[C@H](O)CNCCC(C)C)C(=O)OCc1ccccc1. The first kappa shape index (κ1) is 38.3. The molecule has 5 N–H and O–H groups in total. The Morgan fingerprint density at radius 1 is 0.978 bits per heavy atom. The summed E-state index contributed by atoms with van der Waals surface area (Å²) >= 11 is 0. The van der Waals surface area contributed by atoms with E-state index in [0.29, 0.717) is 49.8 Å². The molecule has 9 nitrogen and oxygen atoms in total. The number of esters is 1. The Labute approximate surface area is 266 Å². The number of rotatable bonds is 20. The Kier molecular flexibility index (Phi) is 15.5. The molecule has 0 radical (unpaired) electrons. The highest BCUT2D eigenvalue weighted by atomic mass is 32.2. The van der Waals surface area contributed by atoms with Gasteiger partial charge in [-0.05, 0) is 61.4 Å². The average molecular weight is 654 g/mol. The number of hydrogen-bond donors (Lipinski definition) is 4. The molecular formula is C33H49F2N3O6S. The second kappa shape index (κ2) is 18.3.